The first-order valence-electron chi connectivity index (χ1n) is 12.3. The summed E-state index contributed by atoms with van der Waals surface area (Å²) >= 11 is 0. The molecule has 0 spiro atoms. The molecule has 37 heavy (non-hydrogen) atoms. The predicted octanol–water partition coefficient (Wildman–Crippen LogP) is 7.92. The lowest BCUT2D eigenvalue weighted by Crippen LogP contribution is -1.95. The summed E-state index contributed by atoms with van der Waals surface area (Å²) in [6, 6.07) is 33.2. The average molecular weight is 493 g/mol. The van der Waals surface area contributed by atoms with E-state index >= 15 is 0 Å². The highest BCUT2D eigenvalue weighted by Gasteiger charge is 1.99. The van der Waals surface area contributed by atoms with Crippen LogP contribution in [-0.4, -0.2) is 21.3 Å². The van der Waals surface area contributed by atoms with Gasteiger partial charge in [0, 0.05) is 6.42 Å². The number of carbonyl (C=O) groups is 1. The van der Waals surface area contributed by atoms with Crippen molar-refractivity contribution >= 4 is 30.3 Å². The summed E-state index contributed by atoms with van der Waals surface area (Å²) in [5.74, 6) is -0.915. The van der Waals surface area contributed by atoms with E-state index in [4.69, 9.17) is 10.2 Å². The van der Waals surface area contributed by atoms with E-state index in [1.54, 1.807) is 6.07 Å². The van der Waals surface area contributed by atoms with Crippen LogP contribution in [0.15, 0.2) is 103 Å². The SMILES string of the molecule is O=C(O)CCCCc1cccc(C=Cc2ccccc2)c1.Oc1ccc(C=Cc2ccccc2)cc1O. The second kappa shape index (κ2) is 14.7. The van der Waals surface area contributed by atoms with Crippen LogP contribution in [0, 0.1) is 0 Å². The van der Waals surface area contributed by atoms with Crippen molar-refractivity contribution in [3.63, 3.8) is 0 Å². The molecule has 4 nitrogen and oxygen atoms in total. The normalized spacial score (nSPS) is 10.8. The fourth-order valence-electron chi connectivity index (χ4n) is 3.61. The van der Waals surface area contributed by atoms with Gasteiger partial charge >= 0.3 is 5.97 Å². The second-order valence-corrected chi connectivity index (χ2v) is 8.58. The highest BCUT2D eigenvalue weighted by molar-refractivity contribution is 5.71. The summed E-state index contributed by atoms with van der Waals surface area (Å²) < 4.78 is 0. The Bertz CT molecular complexity index is 1310. The lowest BCUT2D eigenvalue weighted by atomic mass is 10.0. The Labute approximate surface area is 218 Å². The number of rotatable bonds is 9. The van der Waals surface area contributed by atoms with E-state index < -0.39 is 5.97 Å². The Morgan fingerprint density at radius 3 is 1.68 bits per heavy atom. The van der Waals surface area contributed by atoms with E-state index in [0.717, 1.165) is 30.4 Å². The van der Waals surface area contributed by atoms with Crippen molar-refractivity contribution in [3.05, 3.63) is 131 Å². The van der Waals surface area contributed by atoms with Gasteiger partial charge in [0.05, 0.1) is 0 Å². The Morgan fingerprint density at radius 2 is 1.11 bits per heavy atom. The molecule has 4 aromatic rings. The molecule has 0 heterocycles. The second-order valence-electron chi connectivity index (χ2n) is 8.58. The minimum atomic E-state index is -0.713. The third-order valence-corrected chi connectivity index (χ3v) is 5.59. The molecule has 0 amide bonds. The van der Waals surface area contributed by atoms with Crippen molar-refractivity contribution in [2.45, 2.75) is 25.7 Å². The minimum absolute atomic E-state index is 0.100. The van der Waals surface area contributed by atoms with Crippen LogP contribution in [0.5, 0.6) is 11.5 Å². The largest absolute Gasteiger partial charge is 0.504 e. The summed E-state index contributed by atoms with van der Waals surface area (Å²) in [5.41, 5.74) is 5.56. The summed E-state index contributed by atoms with van der Waals surface area (Å²) in [4.78, 5) is 10.5. The van der Waals surface area contributed by atoms with E-state index in [1.165, 1.54) is 28.8 Å². The number of aliphatic carboxylic acids is 1. The van der Waals surface area contributed by atoms with E-state index in [9.17, 15) is 9.90 Å². The summed E-state index contributed by atoms with van der Waals surface area (Å²) in [6.07, 6.45) is 10.9. The summed E-state index contributed by atoms with van der Waals surface area (Å²) in [5, 5.41) is 27.1. The number of hydrogen-bond acceptors (Lipinski definition) is 3. The van der Waals surface area contributed by atoms with E-state index in [2.05, 4.69) is 48.6 Å². The molecule has 4 aromatic carbocycles. The van der Waals surface area contributed by atoms with Crippen molar-refractivity contribution in [1.82, 2.24) is 0 Å². The van der Waals surface area contributed by atoms with Gasteiger partial charge in [0.15, 0.2) is 11.5 Å². The molecular formula is C33H32O4. The molecule has 0 aliphatic carbocycles. The van der Waals surface area contributed by atoms with Gasteiger partial charge in [0.1, 0.15) is 0 Å². The van der Waals surface area contributed by atoms with Crippen LogP contribution in [0.3, 0.4) is 0 Å². The number of benzene rings is 4. The molecule has 0 bridgehead atoms. The third-order valence-electron chi connectivity index (χ3n) is 5.59. The first-order valence-corrected chi connectivity index (χ1v) is 12.3. The van der Waals surface area contributed by atoms with Crippen molar-refractivity contribution in [1.29, 1.82) is 0 Å². The van der Waals surface area contributed by atoms with Gasteiger partial charge in [-0.3, -0.25) is 4.79 Å². The van der Waals surface area contributed by atoms with Gasteiger partial charge in [-0.2, -0.15) is 0 Å². The molecule has 0 atom stereocenters. The van der Waals surface area contributed by atoms with Crippen molar-refractivity contribution < 1.29 is 20.1 Å². The molecule has 0 unspecified atom stereocenters. The fourth-order valence-corrected chi connectivity index (χ4v) is 3.61. The van der Waals surface area contributed by atoms with Crippen molar-refractivity contribution in [2.75, 3.05) is 0 Å². The zero-order chi connectivity index (χ0) is 26.3. The number of aromatic hydroxyl groups is 2. The number of phenols is 2. The van der Waals surface area contributed by atoms with E-state index in [0.29, 0.717) is 0 Å². The number of phenolic OH excluding ortho intramolecular Hbond substituents is 2. The van der Waals surface area contributed by atoms with Crippen LogP contribution in [0.2, 0.25) is 0 Å². The Balaban J connectivity index is 0.000000213. The van der Waals surface area contributed by atoms with E-state index in [-0.39, 0.29) is 17.9 Å². The molecule has 188 valence electrons. The van der Waals surface area contributed by atoms with Crippen LogP contribution in [0.25, 0.3) is 24.3 Å². The Morgan fingerprint density at radius 1 is 0.568 bits per heavy atom. The maximum atomic E-state index is 10.5. The maximum Gasteiger partial charge on any atom is 0.303 e. The van der Waals surface area contributed by atoms with Crippen LogP contribution in [0.1, 0.15) is 47.1 Å². The zero-order valence-electron chi connectivity index (χ0n) is 20.7. The summed E-state index contributed by atoms with van der Waals surface area (Å²) in [6.45, 7) is 0. The predicted molar refractivity (Wildman–Crippen MR) is 152 cm³/mol. The van der Waals surface area contributed by atoms with Crippen LogP contribution in [-0.2, 0) is 11.2 Å². The van der Waals surface area contributed by atoms with Gasteiger partial charge in [0.25, 0.3) is 0 Å². The molecule has 0 fully saturated rings. The highest BCUT2D eigenvalue weighted by Crippen LogP contribution is 2.25. The standard InChI is InChI=1S/C19H20O2.C14H12O2/c20-19(21)12-5-4-9-17-10-6-11-18(15-17)14-13-16-7-2-1-3-8-16;15-13-9-8-12(10-14(13)16)7-6-11-4-2-1-3-5-11/h1-3,6-8,10-11,13-15H,4-5,9,12H2,(H,20,21);1-10,15-16H. The van der Waals surface area contributed by atoms with Gasteiger partial charge in [-0.05, 0) is 59.2 Å². The zero-order valence-corrected chi connectivity index (χ0v) is 20.7. The van der Waals surface area contributed by atoms with Crippen LogP contribution < -0.4 is 0 Å². The number of carboxylic acid groups (broad SMARTS) is 1. The third kappa shape index (κ3) is 10.3. The molecule has 3 N–H and O–H groups in total. The molecule has 0 aliphatic heterocycles. The first kappa shape index (κ1) is 27.0. The maximum absolute atomic E-state index is 10.5. The van der Waals surface area contributed by atoms with E-state index in [1.807, 2.05) is 60.7 Å². The monoisotopic (exact) mass is 492 g/mol. The molecule has 4 rings (SSSR count). The first-order chi connectivity index (χ1) is 18.0. The average Bonchev–Trinajstić information content (AvgIpc) is 2.92. The van der Waals surface area contributed by atoms with Crippen LogP contribution in [0.4, 0.5) is 0 Å². The molecule has 0 saturated heterocycles. The quantitative estimate of drug-likeness (QED) is 0.126. The van der Waals surface area contributed by atoms with Gasteiger partial charge in [0.2, 0.25) is 0 Å². The molecule has 0 aliphatic rings. The van der Waals surface area contributed by atoms with Crippen molar-refractivity contribution in [2.24, 2.45) is 0 Å². The lowest BCUT2D eigenvalue weighted by Gasteiger charge is -2.02. The van der Waals surface area contributed by atoms with Crippen molar-refractivity contribution in [3.8, 4) is 11.5 Å². The minimum Gasteiger partial charge on any atom is -0.504 e. The Hall–Kier alpha value is -4.57. The molecule has 4 heteroatoms. The van der Waals surface area contributed by atoms with Gasteiger partial charge in [-0.15, -0.1) is 0 Å². The van der Waals surface area contributed by atoms with Crippen LogP contribution >= 0.6 is 0 Å². The molecule has 0 aromatic heterocycles. The number of hydrogen-bond donors (Lipinski definition) is 3. The summed E-state index contributed by atoms with van der Waals surface area (Å²) in [7, 11) is 0. The number of unbranched alkanes of at least 4 members (excludes halogenated alkanes) is 1. The van der Waals surface area contributed by atoms with Gasteiger partial charge in [-0.25, -0.2) is 0 Å². The lowest BCUT2D eigenvalue weighted by molar-refractivity contribution is -0.137. The number of carboxylic acids is 1. The Kier molecular flexibility index (Phi) is 10.8. The molecule has 0 radical (unpaired) electrons. The number of aryl methyl sites for hydroxylation is 1. The smallest absolute Gasteiger partial charge is 0.303 e. The van der Waals surface area contributed by atoms with Gasteiger partial charge in [-0.1, -0.05) is 115 Å². The molecule has 0 saturated carbocycles. The molecular weight excluding hydrogens is 460 g/mol. The topological polar surface area (TPSA) is 77.8 Å². The highest BCUT2D eigenvalue weighted by atomic mass is 16.4. The van der Waals surface area contributed by atoms with Gasteiger partial charge < -0.3 is 15.3 Å². The fraction of sp³-hybridized carbons (Fsp3) is 0.121.